The zero-order valence-corrected chi connectivity index (χ0v) is 17.8. The van der Waals surface area contributed by atoms with Gasteiger partial charge < -0.3 is 15.0 Å². The van der Waals surface area contributed by atoms with Crippen LogP contribution in [0, 0.1) is 5.82 Å². The van der Waals surface area contributed by atoms with Crippen LogP contribution in [0.25, 0.3) is 11.1 Å². The summed E-state index contributed by atoms with van der Waals surface area (Å²) in [7, 11) is -2.39. The molecule has 7 nitrogen and oxygen atoms in total. The molecule has 0 bridgehead atoms. The Labute approximate surface area is 180 Å². The molecule has 1 aromatic heterocycles. The molecule has 1 aliphatic heterocycles. The monoisotopic (exact) mass is 442 g/mol. The van der Waals surface area contributed by atoms with Crippen LogP contribution in [0.15, 0.2) is 65.8 Å². The average molecular weight is 443 g/mol. The highest BCUT2D eigenvalue weighted by Gasteiger charge is 2.21. The SMILES string of the molecule is COc1ccc(S(=O)(=O)Nc2cc(F)cc(-c3cccnc3)c2)cc1N1CCNCC1. The number of rotatable bonds is 6. The van der Waals surface area contributed by atoms with Gasteiger partial charge in [-0.25, -0.2) is 12.8 Å². The predicted octanol–water partition coefficient (Wildman–Crippen LogP) is 3.11. The molecule has 4 rings (SSSR count). The summed E-state index contributed by atoms with van der Waals surface area (Å²) in [6.45, 7) is 3.09. The molecule has 9 heteroatoms. The Morgan fingerprint density at radius 2 is 1.90 bits per heavy atom. The van der Waals surface area contributed by atoms with E-state index in [4.69, 9.17) is 4.74 Å². The zero-order chi connectivity index (χ0) is 21.8. The van der Waals surface area contributed by atoms with Crippen LogP contribution in [0.1, 0.15) is 0 Å². The van der Waals surface area contributed by atoms with E-state index >= 15 is 0 Å². The highest BCUT2D eigenvalue weighted by molar-refractivity contribution is 7.92. The molecule has 2 N–H and O–H groups in total. The van der Waals surface area contributed by atoms with Gasteiger partial charge in [0.05, 0.1) is 23.4 Å². The normalized spacial score (nSPS) is 14.3. The van der Waals surface area contributed by atoms with Crippen LogP contribution in [0.2, 0.25) is 0 Å². The van der Waals surface area contributed by atoms with Gasteiger partial charge in [-0.3, -0.25) is 9.71 Å². The maximum Gasteiger partial charge on any atom is 0.261 e. The van der Waals surface area contributed by atoms with Crippen LogP contribution in [0.4, 0.5) is 15.8 Å². The molecule has 0 radical (unpaired) electrons. The van der Waals surface area contributed by atoms with Crippen LogP contribution in [0.3, 0.4) is 0 Å². The lowest BCUT2D eigenvalue weighted by Gasteiger charge is -2.30. The fraction of sp³-hybridized carbons (Fsp3) is 0.227. The molecule has 3 aromatic rings. The van der Waals surface area contributed by atoms with E-state index in [1.165, 1.54) is 12.1 Å². The van der Waals surface area contributed by atoms with Crippen molar-refractivity contribution in [3.05, 3.63) is 66.7 Å². The highest BCUT2D eigenvalue weighted by atomic mass is 32.2. The van der Waals surface area contributed by atoms with Crippen molar-refractivity contribution in [2.75, 3.05) is 42.9 Å². The number of nitrogens with zero attached hydrogens (tertiary/aromatic N) is 2. The summed E-state index contributed by atoms with van der Waals surface area (Å²) in [5, 5.41) is 3.27. The molecule has 31 heavy (non-hydrogen) atoms. The second-order valence-electron chi connectivity index (χ2n) is 7.15. The predicted molar refractivity (Wildman–Crippen MR) is 119 cm³/mol. The van der Waals surface area contributed by atoms with Gasteiger partial charge in [0.2, 0.25) is 0 Å². The minimum Gasteiger partial charge on any atom is -0.495 e. The smallest absolute Gasteiger partial charge is 0.261 e. The Bertz CT molecular complexity index is 1170. The second kappa shape index (κ2) is 8.91. The van der Waals surface area contributed by atoms with Crippen molar-refractivity contribution in [2.24, 2.45) is 0 Å². The molecule has 1 saturated heterocycles. The van der Waals surface area contributed by atoms with Gasteiger partial charge in [0.25, 0.3) is 10.0 Å². The van der Waals surface area contributed by atoms with Gasteiger partial charge in [0, 0.05) is 44.1 Å². The third kappa shape index (κ3) is 4.78. The van der Waals surface area contributed by atoms with Crippen LogP contribution < -0.4 is 19.7 Å². The maximum atomic E-state index is 14.2. The first-order valence-electron chi connectivity index (χ1n) is 9.84. The van der Waals surface area contributed by atoms with Crippen LogP contribution in [-0.4, -0.2) is 46.7 Å². The van der Waals surface area contributed by atoms with Crippen molar-refractivity contribution in [1.82, 2.24) is 10.3 Å². The lowest BCUT2D eigenvalue weighted by Crippen LogP contribution is -2.43. The van der Waals surface area contributed by atoms with Crippen LogP contribution >= 0.6 is 0 Å². The first-order chi connectivity index (χ1) is 15.0. The fourth-order valence-corrected chi connectivity index (χ4v) is 4.61. The van der Waals surface area contributed by atoms with Crippen LogP contribution in [0.5, 0.6) is 5.75 Å². The number of hydrogen-bond acceptors (Lipinski definition) is 6. The molecule has 2 heterocycles. The number of halogens is 1. The minimum absolute atomic E-state index is 0.0778. The van der Waals surface area contributed by atoms with E-state index in [0.717, 1.165) is 32.2 Å². The van der Waals surface area contributed by atoms with Crippen molar-refractivity contribution in [3.63, 3.8) is 0 Å². The zero-order valence-electron chi connectivity index (χ0n) is 17.0. The third-order valence-electron chi connectivity index (χ3n) is 5.06. The number of anilines is 2. The van der Waals surface area contributed by atoms with E-state index in [0.29, 0.717) is 22.6 Å². The molecular weight excluding hydrogens is 419 g/mol. The van der Waals surface area contributed by atoms with Crippen molar-refractivity contribution < 1.29 is 17.5 Å². The first kappa shape index (κ1) is 21.1. The van der Waals surface area contributed by atoms with Gasteiger partial charge in [-0.05, 0) is 48.0 Å². The molecule has 0 unspecified atom stereocenters. The quantitative estimate of drug-likeness (QED) is 0.610. The number of hydrogen-bond donors (Lipinski definition) is 2. The van der Waals surface area contributed by atoms with Gasteiger partial charge in [0.1, 0.15) is 11.6 Å². The number of ether oxygens (including phenoxy) is 1. The lowest BCUT2D eigenvalue weighted by molar-refractivity contribution is 0.412. The standard InChI is InChI=1S/C22H23FN4O3S/c1-30-22-5-4-20(14-21(22)27-9-7-24-8-10-27)31(28,29)26-19-12-17(11-18(23)13-19)16-3-2-6-25-15-16/h2-6,11-15,24,26H,7-10H2,1H3. The molecule has 0 saturated carbocycles. The molecule has 1 fully saturated rings. The van der Waals surface area contributed by atoms with Gasteiger partial charge in [0.15, 0.2) is 0 Å². The number of pyridine rings is 1. The maximum absolute atomic E-state index is 14.2. The van der Waals surface area contributed by atoms with E-state index in [-0.39, 0.29) is 10.6 Å². The van der Waals surface area contributed by atoms with Gasteiger partial charge in [-0.1, -0.05) is 6.07 Å². The van der Waals surface area contributed by atoms with Gasteiger partial charge in [-0.2, -0.15) is 0 Å². The van der Waals surface area contributed by atoms with Gasteiger partial charge >= 0.3 is 0 Å². The second-order valence-corrected chi connectivity index (χ2v) is 8.83. The minimum atomic E-state index is -3.95. The lowest BCUT2D eigenvalue weighted by atomic mass is 10.1. The summed E-state index contributed by atoms with van der Waals surface area (Å²) in [6.07, 6.45) is 3.21. The first-order valence-corrected chi connectivity index (χ1v) is 11.3. The summed E-state index contributed by atoms with van der Waals surface area (Å²) in [5.74, 6) is 0.0563. The van der Waals surface area contributed by atoms with E-state index in [1.54, 1.807) is 49.8 Å². The summed E-state index contributed by atoms with van der Waals surface area (Å²) < 4.78 is 48.3. The number of piperazine rings is 1. The van der Waals surface area contributed by atoms with E-state index < -0.39 is 15.8 Å². The molecular formula is C22H23FN4O3S. The summed E-state index contributed by atoms with van der Waals surface area (Å²) >= 11 is 0. The average Bonchev–Trinajstić information content (AvgIpc) is 2.79. The number of methoxy groups -OCH3 is 1. The number of aromatic nitrogens is 1. The summed E-state index contributed by atoms with van der Waals surface area (Å²) in [5.41, 5.74) is 2.07. The highest BCUT2D eigenvalue weighted by Crippen LogP contribution is 2.32. The Hall–Kier alpha value is -3.17. The molecule has 0 amide bonds. The summed E-state index contributed by atoms with van der Waals surface area (Å²) in [6, 6.07) is 12.3. The largest absolute Gasteiger partial charge is 0.495 e. The Balaban J connectivity index is 1.66. The molecule has 162 valence electrons. The molecule has 0 spiro atoms. The van der Waals surface area contributed by atoms with Gasteiger partial charge in [-0.15, -0.1) is 0 Å². The van der Waals surface area contributed by atoms with Crippen molar-refractivity contribution in [1.29, 1.82) is 0 Å². The Morgan fingerprint density at radius 3 is 2.61 bits per heavy atom. The molecule has 1 aliphatic rings. The number of benzene rings is 2. The molecule has 0 aliphatic carbocycles. The van der Waals surface area contributed by atoms with Crippen molar-refractivity contribution >= 4 is 21.4 Å². The summed E-state index contributed by atoms with van der Waals surface area (Å²) in [4.78, 5) is 6.19. The van der Waals surface area contributed by atoms with E-state index in [2.05, 4.69) is 19.9 Å². The molecule has 2 aromatic carbocycles. The fourth-order valence-electron chi connectivity index (χ4n) is 3.55. The van der Waals surface area contributed by atoms with Crippen molar-refractivity contribution in [3.8, 4) is 16.9 Å². The topological polar surface area (TPSA) is 83.6 Å². The number of sulfonamides is 1. The van der Waals surface area contributed by atoms with Crippen molar-refractivity contribution in [2.45, 2.75) is 4.90 Å². The Morgan fingerprint density at radius 1 is 1.10 bits per heavy atom. The van der Waals surface area contributed by atoms with E-state index in [1.807, 2.05) is 0 Å². The Kier molecular flexibility index (Phi) is 6.06. The van der Waals surface area contributed by atoms with Crippen LogP contribution in [-0.2, 0) is 10.0 Å². The number of nitrogens with one attached hydrogen (secondary N) is 2. The third-order valence-corrected chi connectivity index (χ3v) is 6.44. The molecule has 0 atom stereocenters. The van der Waals surface area contributed by atoms with E-state index in [9.17, 15) is 12.8 Å².